The molecule has 4 aromatic rings. The van der Waals surface area contributed by atoms with E-state index in [9.17, 15) is 14.0 Å². The molecule has 7 heteroatoms. The SMILES string of the molecule is O=C1c2c(sc3c2CCCC3)NC2(C(=O)N(Cc3ccccc3F)c3ccccc32)N1CCc1ccccc1. The summed E-state index contributed by atoms with van der Waals surface area (Å²) in [7, 11) is 0. The minimum Gasteiger partial charge on any atom is -0.342 e. The fourth-order valence-electron chi connectivity index (χ4n) is 6.32. The molecule has 1 aliphatic carbocycles. The van der Waals surface area contributed by atoms with Crippen LogP contribution >= 0.6 is 11.3 Å². The molecular weight excluding hydrogens is 509 g/mol. The fourth-order valence-corrected chi connectivity index (χ4v) is 7.66. The smallest absolute Gasteiger partial charge is 0.279 e. The van der Waals surface area contributed by atoms with E-state index >= 15 is 0 Å². The standard InChI is InChI=1S/C32H28FN3O2S/c33-25-15-7-4-12-22(25)20-35-26-16-8-6-14-24(26)32(31(35)38)34-29-28(23-13-5-9-17-27(23)39-29)30(37)36(32)19-18-21-10-2-1-3-11-21/h1-4,6-8,10-12,14-16,34H,5,9,13,17-20H2. The van der Waals surface area contributed by atoms with Gasteiger partial charge in [-0.2, -0.15) is 0 Å². The molecule has 0 bridgehead atoms. The summed E-state index contributed by atoms with van der Waals surface area (Å²) in [5.41, 5.74) is 3.43. The van der Waals surface area contributed by atoms with E-state index in [1.165, 1.54) is 10.9 Å². The second kappa shape index (κ2) is 9.35. The summed E-state index contributed by atoms with van der Waals surface area (Å²) in [5, 5.41) is 4.40. The van der Waals surface area contributed by atoms with Gasteiger partial charge in [0.2, 0.25) is 5.66 Å². The Balaban J connectivity index is 1.37. The number of carbonyl (C=O) groups is 2. The predicted octanol–water partition coefficient (Wildman–Crippen LogP) is 6.28. The van der Waals surface area contributed by atoms with Crippen LogP contribution < -0.4 is 10.2 Å². The van der Waals surface area contributed by atoms with Crippen molar-refractivity contribution in [3.63, 3.8) is 0 Å². The van der Waals surface area contributed by atoms with Crippen molar-refractivity contribution in [3.05, 3.63) is 117 Å². The molecule has 0 radical (unpaired) electrons. The van der Waals surface area contributed by atoms with Gasteiger partial charge in [-0.3, -0.25) is 9.59 Å². The zero-order chi connectivity index (χ0) is 26.6. The van der Waals surface area contributed by atoms with Gasteiger partial charge in [0.05, 0.1) is 17.8 Å². The first-order chi connectivity index (χ1) is 19.1. The molecule has 1 unspecified atom stereocenters. The molecule has 0 saturated heterocycles. The molecule has 5 nitrogen and oxygen atoms in total. The average molecular weight is 538 g/mol. The number of fused-ring (bicyclic) bond motifs is 5. The van der Waals surface area contributed by atoms with E-state index in [-0.39, 0.29) is 24.2 Å². The number of thiophene rings is 1. The highest BCUT2D eigenvalue weighted by Crippen LogP contribution is 2.52. The number of halogens is 1. The number of rotatable bonds is 5. The second-order valence-electron chi connectivity index (χ2n) is 10.4. The molecule has 3 aromatic carbocycles. The lowest BCUT2D eigenvalue weighted by Gasteiger charge is -2.44. The Morgan fingerprint density at radius 2 is 1.64 bits per heavy atom. The molecule has 1 atom stereocenters. The number of anilines is 2. The number of amides is 2. The molecule has 0 fully saturated rings. The lowest BCUT2D eigenvalue weighted by molar-refractivity contribution is -0.127. The van der Waals surface area contributed by atoms with Gasteiger partial charge in [0.15, 0.2) is 0 Å². The lowest BCUT2D eigenvalue weighted by atomic mass is 9.90. The van der Waals surface area contributed by atoms with Gasteiger partial charge in [-0.25, -0.2) is 4.39 Å². The van der Waals surface area contributed by atoms with E-state index in [1.807, 2.05) is 54.6 Å². The quantitative estimate of drug-likeness (QED) is 0.326. The third-order valence-electron chi connectivity index (χ3n) is 8.22. The molecule has 39 heavy (non-hydrogen) atoms. The van der Waals surface area contributed by atoms with E-state index in [0.717, 1.165) is 52.9 Å². The van der Waals surface area contributed by atoms with E-state index < -0.39 is 5.66 Å². The maximum Gasteiger partial charge on any atom is 0.279 e. The molecule has 196 valence electrons. The van der Waals surface area contributed by atoms with Gasteiger partial charge in [-0.15, -0.1) is 11.3 Å². The van der Waals surface area contributed by atoms with Crippen LogP contribution in [0.4, 0.5) is 15.1 Å². The van der Waals surface area contributed by atoms with Crippen LogP contribution in [0.3, 0.4) is 0 Å². The molecule has 1 spiro atoms. The van der Waals surface area contributed by atoms with E-state index in [0.29, 0.717) is 24.2 Å². The summed E-state index contributed by atoms with van der Waals surface area (Å²) in [6.07, 6.45) is 4.64. The first-order valence-corrected chi connectivity index (χ1v) is 14.3. The highest BCUT2D eigenvalue weighted by atomic mass is 32.1. The van der Waals surface area contributed by atoms with E-state index in [4.69, 9.17) is 0 Å². The van der Waals surface area contributed by atoms with Gasteiger partial charge < -0.3 is 15.1 Å². The number of nitrogens with zero attached hydrogens (tertiary/aromatic N) is 2. The molecule has 3 aliphatic rings. The summed E-state index contributed by atoms with van der Waals surface area (Å²) in [6.45, 7) is 0.452. The molecule has 1 aromatic heterocycles. The van der Waals surface area contributed by atoms with Crippen LogP contribution in [0.15, 0.2) is 78.9 Å². The Kier molecular flexibility index (Phi) is 5.77. The summed E-state index contributed by atoms with van der Waals surface area (Å²) in [5.74, 6) is -0.717. The minimum atomic E-state index is -1.39. The zero-order valence-electron chi connectivity index (χ0n) is 21.5. The van der Waals surface area contributed by atoms with Crippen LogP contribution in [0.2, 0.25) is 0 Å². The number of carbonyl (C=O) groups excluding carboxylic acids is 2. The van der Waals surface area contributed by atoms with Crippen LogP contribution in [0.25, 0.3) is 0 Å². The Hall–Kier alpha value is -3.97. The van der Waals surface area contributed by atoms with Gasteiger partial charge in [0.1, 0.15) is 10.8 Å². The molecule has 2 amide bonds. The van der Waals surface area contributed by atoms with Crippen molar-refractivity contribution in [1.29, 1.82) is 0 Å². The Morgan fingerprint density at radius 1 is 0.897 bits per heavy atom. The van der Waals surface area contributed by atoms with Crippen molar-refractivity contribution < 1.29 is 14.0 Å². The maximum atomic E-state index is 14.7. The summed E-state index contributed by atoms with van der Waals surface area (Å²) < 4.78 is 14.7. The summed E-state index contributed by atoms with van der Waals surface area (Å²) >= 11 is 1.61. The molecular formula is C32H28FN3O2S. The number of nitrogens with one attached hydrogen (secondary N) is 1. The van der Waals surface area contributed by atoms with Gasteiger partial charge in [-0.1, -0.05) is 66.7 Å². The summed E-state index contributed by atoms with van der Waals surface area (Å²) in [6, 6.07) is 24.2. The topological polar surface area (TPSA) is 52.7 Å². The highest BCUT2D eigenvalue weighted by Gasteiger charge is 2.59. The van der Waals surface area contributed by atoms with Gasteiger partial charge >= 0.3 is 0 Å². The minimum absolute atomic E-state index is 0.0838. The third kappa shape index (κ3) is 3.71. The largest absolute Gasteiger partial charge is 0.342 e. The van der Waals surface area contributed by atoms with Gasteiger partial charge in [0.25, 0.3) is 11.8 Å². The third-order valence-corrected chi connectivity index (χ3v) is 9.43. The molecule has 3 heterocycles. The second-order valence-corrected chi connectivity index (χ2v) is 11.5. The van der Waals surface area contributed by atoms with Gasteiger partial charge in [-0.05, 0) is 55.4 Å². The Labute approximate surface area is 230 Å². The van der Waals surface area contributed by atoms with Crippen LogP contribution in [0.5, 0.6) is 0 Å². The Morgan fingerprint density at radius 3 is 2.49 bits per heavy atom. The van der Waals surface area contributed by atoms with Crippen molar-refractivity contribution in [2.75, 3.05) is 16.8 Å². The Bertz CT molecular complexity index is 1600. The van der Waals surface area contributed by atoms with Crippen LogP contribution in [0, 0.1) is 5.82 Å². The first kappa shape index (κ1) is 24.1. The number of para-hydroxylation sites is 1. The first-order valence-electron chi connectivity index (χ1n) is 13.5. The fraction of sp³-hybridized carbons (Fsp3) is 0.250. The van der Waals surface area contributed by atoms with Crippen molar-refractivity contribution >= 4 is 33.8 Å². The molecule has 1 N–H and O–H groups in total. The number of aryl methyl sites for hydroxylation is 1. The van der Waals surface area contributed by atoms with E-state index in [2.05, 4.69) is 5.32 Å². The zero-order valence-corrected chi connectivity index (χ0v) is 22.3. The predicted molar refractivity (Wildman–Crippen MR) is 151 cm³/mol. The number of hydrogen-bond acceptors (Lipinski definition) is 4. The van der Waals surface area contributed by atoms with Crippen LogP contribution in [-0.2, 0) is 36.3 Å². The van der Waals surface area contributed by atoms with Crippen molar-refractivity contribution in [1.82, 2.24) is 4.90 Å². The number of hydrogen-bond donors (Lipinski definition) is 1. The molecule has 7 rings (SSSR count). The van der Waals surface area contributed by atoms with Crippen LogP contribution in [-0.4, -0.2) is 23.3 Å². The van der Waals surface area contributed by atoms with Crippen molar-refractivity contribution in [2.45, 2.75) is 44.3 Å². The average Bonchev–Trinajstić information content (AvgIpc) is 3.44. The highest BCUT2D eigenvalue weighted by molar-refractivity contribution is 7.16. The van der Waals surface area contributed by atoms with Crippen molar-refractivity contribution in [3.8, 4) is 0 Å². The van der Waals surface area contributed by atoms with E-state index in [1.54, 1.807) is 39.3 Å². The maximum absolute atomic E-state index is 14.7. The molecule has 0 saturated carbocycles. The molecule has 2 aliphatic heterocycles. The monoisotopic (exact) mass is 537 g/mol. The van der Waals surface area contributed by atoms with Gasteiger partial charge in [0, 0.05) is 22.5 Å². The number of benzene rings is 3. The summed E-state index contributed by atoms with van der Waals surface area (Å²) in [4.78, 5) is 33.7. The van der Waals surface area contributed by atoms with Crippen molar-refractivity contribution in [2.24, 2.45) is 0 Å². The van der Waals surface area contributed by atoms with Crippen LogP contribution in [0.1, 0.15) is 50.3 Å². The normalized spacial score (nSPS) is 19.6. The lowest BCUT2D eigenvalue weighted by Crippen LogP contribution is -2.62.